The molecule has 1 amide bonds. The monoisotopic (exact) mass is 358 g/mol. The van der Waals surface area contributed by atoms with Crippen molar-refractivity contribution in [2.75, 3.05) is 0 Å². The maximum Gasteiger partial charge on any atom is 0.238 e. The number of hydrogen-bond donors (Lipinski definition) is 2. The highest BCUT2D eigenvalue weighted by atomic mass is 32.2. The van der Waals surface area contributed by atoms with Gasteiger partial charge in [0.05, 0.1) is 0 Å². The Hall–Kier alpha value is -1.85. The van der Waals surface area contributed by atoms with Gasteiger partial charge in [0.25, 0.3) is 0 Å². The van der Waals surface area contributed by atoms with Crippen LogP contribution in [0.25, 0.3) is 0 Å². The number of carbonyl (C=O) groups excluding carboxylic acids is 1. The Balaban J connectivity index is 1.73. The van der Waals surface area contributed by atoms with Crippen LogP contribution in [0, 0.1) is 5.82 Å². The lowest BCUT2D eigenvalue weighted by Crippen LogP contribution is -2.41. The topological polar surface area (TPSA) is 55.1 Å². The maximum absolute atomic E-state index is 13.1. The zero-order chi connectivity index (χ0) is 17.6. The van der Waals surface area contributed by atoms with Crippen LogP contribution in [-0.2, 0) is 4.79 Å². The number of halogens is 1. The molecule has 0 saturated heterocycles. The fourth-order valence-corrected chi connectivity index (χ4v) is 4.12. The molecule has 25 heavy (non-hydrogen) atoms. The minimum Gasteiger partial charge on any atom is -0.352 e. The molecule has 0 bridgehead atoms. The molecular weight excluding hydrogens is 335 g/mol. The molecule has 1 unspecified atom stereocenters. The summed E-state index contributed by atoms with van der Waals surface area (Å²) in [6.45, 7) is 0. The van der Waals surface area contributed by atoms with E-state index in [-0.39, 0.29) is 29.1 Å². The zero-order valence-corrected chi connectivity index (χ0v) is 14.8. The first-order chi connectivity index (χ1) is 12.1. The molecular formula is C20H23FN2OS. The second-order valence-corrected chi connectivity index (χ2v) is 7.66. The summed E-state index contributed by atoms with van der Waals surface area (Å²) in [4.78, 5) is 13.8. The van der Waals surface area contributed by atoms with Gasteiger partial charge < -0.3 is 11.1 Å². The Morgan fingerprint density at radius 1 is 1.04 bits per heavy atom. The molecule has 1 atom stereocenters. The highest BCUT2D eigenvalue weighted by Crippen LogP contribution is 2.36. The van der Waals surface area contributed by atoms with Crippen molar-refractivity contribution in [2.45, 2.75) is 47.9 Å². The van der Waals surface area contributed by atoms with Crippen LogP contribution < -0.4 is 11.1 Å². The Bertz CT molecular complexity index is 685. The number of carbonyl (C=O) groups is 1. The van der Waals surface area contributed by atoms with Crippen LogP contribution >= 0.6 is 11.8 Å². The average Bonchev–Trinajstić information content (AvgIpc) is 2.64. The predicted octanol–water partition coefficient (Wildman–Crippen LogP) is 4.05. The molecule has 0 aliphatic heterocycles. The molecule has 1 fully saturated rings. The van der Waals surface area contributed by atoms with E-state index in [0.29, 0.717) is 0 Å². The summed E-state index contributed by atoms with van der Waals surface area (Å²) < 4.78 is 13.1. The standard InChI is InChI=1S/C20H23FN2OS/c21-15-6-12-18(13-7-15)25-19(14-4-2-1-3-5-14)20(24)23-17-10-8-16(22)9-11-17/h1-7,12-13,16-17,19H,8-11,22H2,(H,23,24). The number of nitrogens with one attached hydrogen (secondary N) is 1. The first kappa shape index (κ1) is 18.0. The first-order valence-electron chi connectivity index (χ1n) is 8.65. The lowest BCUT2D eigenvalue weighted by molar-refractivity contribution is -0.121. The largest absolute Gasteiger partial charge is 0.352 e. The third-order valence-electron chi connectivity index (χ3n) is 4.53. The van der Waals surface area contributed by atoms with Gasteiger partial charge in [0.15, 0.2) is 0 Å². The molecule has 2 aromatic carbocycles. The Labute approximate surface area is 152 Å². The van der Waals surface area contributed by atoms with E-state index in [1.54, 1.807) is 12.1 Å². The van der Waals surface area contributed by atoms with Crippen molar-refractivity contribution in [2.24, 2.45) is 5.73 Å². The van der Waals surface area contributed by atoms with Gasteiger partial charge in [0.1, 0.15) is 11.1 Å². The van der Waals surface area contributed by atoms with E-state index in [0.717, 1.165) is 36.1 Å². The Morgan fingerprint density at radius 2 is 1.68 bits per heavy atom. The summed E-state index contributed by atoms with van der Waals surface area (Å²) in [5, 5.41) is 2.82. The van der Waals surface area contributed by atoms with E-state index in [9.17, 15) is 9.18 Å². The van der Waals surface area contributed by atoms with Crippen molar-refractivity contribution in [1.82, 2.24) is 5.32 Å². The highest BCUT2D eigenvalue weighted by molar-refractivity contribution is 8.00. The fourth-order valence-electron chi connectivity index (χ4n) is 3.09. The zero-order valence-electron chi connectivity index (χ0n) is 14.0. The van der Waals surface area contributed by atoms with Crippen molar-refractivity contribution in [3.05, 3.63) is 66.0 Å². The van der Waals surface area contributed by atoms with Gasteiger partial charge in [-0.2, -0.15) is 0 Å². The van der Waals surface area contributed by atoms with E-state index < -0.39 is 0 Å². The van der Waals surface area contributed by atoms with E-state index in [2.05, 4.69) is 5.32 Å². The summed E-state index contributed by atoms with van der Waals surface area (Å²) in [5.41, 5.74) is 6.89. The molecule has 3 rings (SSSR count). The van der Waals surface area contributed by atoms with Crippen molar-refractivity contribution >= 4 is 17.7 Å². The van der Waals surface area contributed by atoms with Crippen LogP contribution in [-0.4, -0.2) is 18.0 Å². The highest BCUT2D eigenvalue weighted by Gasteiger charge is 2.26. The smallest absolute Gasteiger partial charge is 0.238 e. The molecule has 1 aliphatic carbocycles. The van der Waals surface area contributed by atoms with Crippen LogP contribution in [0.4, 0.5) is 4.39 Å². The lowest BCUT2D eigenvalue weighted by Gasteiger charge is -2.28. The molecule has 0 aromatic heterocycles. The third-order valence-corrected chi connectivity index (χ3v) is 5.79. The molecule has 0 radical (unpaired) electrons. The van der Waals surface area contributed by atoms with Crippen LogP contribution in [0.15, 0.2) is 59.5 Å². The summed E-state index contributed by atoms with van der Waals surface area (Å²) in [6.07, 6.45) is 3.75. The number of rotatable bonds is 5. The summed E-state index contributed by atoms with van der Waals surface area (Å²) >= 11 is 1.44. The number of benzene rings is 2. The second-order valence-electron chi connectivity index (χ2n) is 6.48. The molecule has 0 heterocycles. The first-order valence-corrected chi connectivity index (χ1v) is 9.53. The number of amides is 1. The van der Waals surface area contributed by atoms with E-state index in [1.807, 2.05) is 30.3 Å². The lowest BCUT2D eigenvalue weighted by atomic mass is 9.91. The maximum atomic E-state index is 13.1. The molecule has 3 nitrogen and oxygen atoms in total. The van der Waals surface area contributed by atoms with Crippen LogP contribution in [0.5, 0.6) is 0 Å². The van der Waals surface area contributed by atoms with Crippen molar-refractivity contribution < 1.29 is 9.18 Å². The van der Waals surface area contributed by atoms with Gasteiger partial charge in [-0.15, -0.1) is 11.8 Å². The molecule has 0 spiro atoms. The number of hydrogen-bond acceptors (Lipinski definition) is 3. The molecule has 132 valence electrons. The van der Waals surface area contributed by atoms with Crippen molar-refractivity contribution in [3.8, 4) is 0 Å². The van der Waals surface area contributed by atoms with Gasteiger partial charge in [-0.05, 0) is 55.5 Å². The van der Waals surface area contributed by atoms with Crippen LogP contribution in [0.1, 0.15) is 36.5 Å². The van der Waals surface area contributed by atoms with Gasteiger partial charge >= 0.3 is 0 Å². The van der Waals surface area contributed by atoms with E-state index >= 15 is 0 Å². The van der Waals surface area contributed by atoms with Crippen molar-refractivity contribution in [1.29, 1.82) is 0 Å². The Morgan fingerprint density at radius 3 is 2.32 bits per heavy atom. The van der Waals surface area contributed by atoms with Gasteiger partial charge in [-0.25, -0.2) is 4.39 Å². The third kappa shape index (κ3) is 5.06. The second kappa shape index (κ2) is 8.50. The number of thioether (sulfide) groups is 1. The fraction of sp³-hybridized carbons (Fsp3) is 0.350. The summed E-state index contributed by atoms with van der Waals surface area (Å²) in [6, 6.07) is 16.4. The normalized spacial score (nSPS) is 21.5. The number of nitrogens with two attached hydrogens (primary N) is 1. The van der Waals surface area contributed by atoms with Crippen molar-refractivity contribution in [3.63, 3.8) is 0 Å². The summed E-state index contributed by atoms with van der Waals surface area (Å²) in [5.74, 6) is -0.274. The van der Waals surface area contributed by atoms with Gasteiger partial charge in [0, 0.05) is 17.0 Å². The minimum absolute atomic E-state index is 0.000923. The van der Waals surface area contributed by atoms with Gasteiger partial charge in [-0.3, -0.25) is 4.79 Å². The summed E-state index contributed by atoms with van der Waals surface area (Å²) in [7, 11) is 0. The Kier molecular flexibility index (Phi) is 6.10. The molecule has 3 N–H and O–H groups in total. The quantitative estimate of drug-likeness (QED) is 0.793. The average molecular weight is 358 g/mol. The predicted molar refractivity (Wildman–Crippen MR) is 99.8 cm³/mol. The van der Waals surface area contributed by atoms with Crippen LogP contribution in [0.3, 0.4) is 0 Å². The molecule has 1 aliphatic rings. The van der Waals surface area contributed by atoms with E-state index in [4.69, 9.17) is 5.73 Å². The van der Waals surface area contributed by atoms with Gasteiger partial charge in [-0.1, -0.05) is 30.3 Å². The van der Waals surface area contributed by atoms with Gasteiger partial charge in [0.2, 0.25) is 5.91 Å². The molecule has 2 aromatic rings. The molecule has 1 saturated carbocycles. The SMILES string of the molecule is NC1CCC(NC(=O)C(Sc2ccc(F)cc2)c2ccccc2)CC1. The minimum atomic E-state index is -0.359. The molecule has 5 heteroatoms. The van der Waals surface area contributed by atoms with E-state index in [1.165, 1.54) is 23.9 Å². The van der Waals surface area contributed by atoms with Crippen LogP contribution in [0.2, 0.25) is 0 Å².